The van der Waals surface area contributed by atoms with E-state index in [1.807, 2.05) is 24.3 Å². The van der Waals surface area contributed by atoms with Gasteiger partial charge in [-0.1, -0.05) is 38.1 Å². The molecule has 0 aliphatic rings. The summed E-state index contributed by atoms with van der Waals surface area (Å²) in [6.07, 6.45) is 1.65. The molecule has 0 unspecified atom stereocenters. The second kappa shape index (κ2) is 4.45. The lowest BCUT2D eigenvalue weighted by Gasteiger charge is -2.06. The summed E-state index contributed by atoms with van der Waals surface area (Å²) in [5.74, 6) is -0.452. The van der Waals surface area contributed by atoms with Gasteiger partial charge in [-0.25, -0.2) is 4.79 Å². The lowest BCUT2D eigenvalue weighted by atomic mass is 9.99. The Morgan fingerprint density at radius 1 is 1.18 bits per heavy atom. The van der Waals surface area contributed by atoms with Crippen molar-refractivity contribution < 1.29 is 9.90 Å². The summed E-state index contributed by atoms with van der Waals surface area (Å²) in [7, 11) is 0. The summed E-state index contributed by atoms with van der Waals surface area (Å²) in [5, 5.41) is 9.03. The minimum atomic E-state index is -0.932. The van der Waals surface area contributed by atoms with Crippen LogP contribution in [-0.2, 0) is 0 Å². The molecular formula is C14H15NO2. The Morgan fingerprint density at radius 2 is 1.82 bits per heavy atom. The number of aromatic carboxylic acids is 1. The van der Waals surface area contributed by atoms with Gasteiger partial charge in [0.15, 0.2) is 0 Å². The Hall–Kier alpha value is -2.03. The van der Waals surface area contributed by atoms with Crippen molar-refractivity contribution in [3.63, 3.8) is 0 Å². The molecule has 3 heteroatoms. The molecule has 0 fully saturated rings. The number of aromatic nitrogens is 1. The average Bonchev–Trinajstić information content (AvgIpc) is 2.78. The molecule has 1 aromatic heterocycles. The Morgan fingerprint density at radius 3 is 2.35 bits per heavy atom. The highest BCUT2D eigenvalue weighted by atomic mass is 16.4. The molecule has 0 saturated carbocycles. The van der Waals surface area contributed by atoms with E-state index in [4.69, 9.17) is 5.11 Å². The largest absolute Gasteiger partial charge is 0.477 e. The molecule has 0 amide bonds. The number of nitrogens with one attached hydrogen (secondary N) is 1. The number of carbonyl (C=O) groups is 1. The van der Waals surface area contributed by atoms with Crippen molar-refractivity contribution in [3.8, 4) is 11.1 Å². The molecule has 2 aromatic rings. The Labute approximate surface area is 100 Å². The van der Waals surface area contributed by atoms with Gasteiger partial charge in [0.25, 0.3) is 0 Å². The maximum atomic E-state index is 11.0. The van der Waals surface area contributed by atoms with E-state index in [2.05, 4.69) is 18.8 Å². The highest BCUT2D eigenvalue weighted by molar-refractivity contribution is 5.94. The van der Waals surface area contributed by atoms with Crippen LogP contribution >= 0.6 is 0 Å². The van der Waals surface area contributed by atoms with Crippen molar-refractivity contribution in [1.29, 1.82) is 0 Å². The van der Waals surface area contributed by atoms with Gasteiger partial charge in [-0.15, -0.1) is 0 Å². The van der Waals surface area contributed by atoms with Gasteiger partial charge in [0.05, 0.1) is 0 Å². The summed E-state index contributed by atoms with van der Waals surface area (Å²) in [6, 6.07) is 9.79. The number of aromatic amines is 1. The maximum absolute atomic E-state index is 11.0. The third-order valence-corrected chi connectivity index (χ3v) is 2.85. The first kappa shape index (κ1) is 11.5. The molecule has 0 spiro atoms. The van der Waals surface area contributed by atoms with E-state index in [1.165, 1.54) is 5.56 Å². The third kappa shape index (κ3) is 2.23. The first-order valence-electron chi connectivity index (χ1n) is 5.60. The molecule has 0 atom stereocenters. The molecule has 1 heterocycles. The van der Waals surface area contributed by atoms with Crippen molar-refractivity contribution in [3.05, 3.63) is 47.8 Å². The predicted octanol–water partition coefficient (Wildman–Crippen LogP) is 3.50. The molecule has 2 rings (SSSR count). The van der Waals surface area contributed by atoms with Crippen molar-refractivity contribution in [2.24, 2.45) is 0 Å². The Kier molecular flexibility index (Phi) is 3.00. The lowest BCUT2D eigenvalue weighted by Crippen LogP contribution is -1.98. The molecule has 0 aliphatic heterocycles. The highest BCUT2D eigenvalue weighted by Crippen LogP contribution is 2.25. The van der Waals surface area contributed by atoms with E-state index < -0.39 is 5.97 Å². The predicted molar refractivity (Wildman–Crippen MR) is 67.3 cm³/mol. The fourth-order valence-corrected chi connectivity index (χ4v) is 1.83. The standard InChI is InChI=1S/C14H15NO2/c1-9(2)10-3-5-11(6-4-10)12-7-8-15-13(12)14(16)17/h3-9,15H,1-2H3,(H,16,17). The van der Waals surface area contributed by atoms with Gasteiger partial charge in [-0.05, 0) is 23.1 Å². The summed E-state index contributed by atoms with van der Waals surface area (Å²) < 4.78 is 0. The Balaban J connectivity index is 2.40. The number of H-pyrrole nitrogens is 1. The van der Waals surface area contributed by atoms with E-state index in [0.717, 1.165) is 11.1 Å². The van der Waals surface area contributed by atoms with Crippen LogP contribution in [0, 0.1) is 0 Å². The molecule has 17 heavy (non-hydrogen) atoms. The van der Waals surface area contributed by atoms with Crippen molar-refractivity contribution in [2.45, 2.75) is 19.8 Å². The molecular weight excluding hydrogens is 214 g/mol. The van der Waals surface area contributed by atoms with Gasteiger partial charge in [-0.3, -0.25) is 0 Å². The van der Waals surface area contributed by atoms with Crippen LogP contribution in [0.2, 0.25) is 0 Å². The molecule has 0 bridgehead atoms. The topological polar surface area (TPSA) is 53.1 Å². The van der Waals surface area contributed by atoms with Crippen LogP contribution in [0.25, 0.3) is 11.1 Å². The SMILES string of the molecule is CC(C)c1ccc(-c2cc[nH]c2C(=O)O)cc1. The van der Waals surface area contributed by atoms with Gasteiger partial charge in [-0.2, -0.15) is 0 Å². The number of benzene rings is 1. The first-order chi connectivity index (χ1) is 8.09. The van der Waals surface area contributed by atoms with Crippen LogP contribution in [0.5, 0.6) is 0 Å². The number of hydrogen-bond donors (Lipinski definition) is 2. The van der Waals surface area contributed by atoms with E-state index in [9.17, 15) is 4.79 Å². The number of carboxylic acids is 1. The summed E-state index contributed by atoms with van der Waals surface area (Å²) in [4.78, 5) is 13.7. The molecule has 0 aliphatic carbocycles. The van der Waals surface area contributed by atoms with E-state index >= 15 is 0 Å². The van der Waals surface area contributed by atoms with Crippen LogP contribution in [-0.4, -0.2) is 16.1 Å². The Bertz CT molecular complexity index is 523. The van der Waals surface area contributed by atoms with E-state index in [0.29, 0.717) is 5.92 Å². The van der Waals surface area contributed by atoms with Gasteiger partial charge in [0, 0.05) is 11.8 Å². The lowest BCUT2D eigenvalue weighted by molar-refractivity contribution is 0.0692. The fraction of sp³-hybridized carbons (Fsp3) is 0.214. The summed E-state index contributed by atoms with van der Waals surface area (Å²) >= 11 is 0. The first-order valence-corrected chi connectivity index (χ1v) is 5.60. The monoisotopic (exact) mass is 229 g/mol. The molecule has 1 aromatic carbocycles. The van der Waals surface area contributed by atoms with Crippen LogP contribution in [0.1, 0.15) is 35.8 Å². The van der Waals surface area contributed by atoms with Crippen molar-refractivity contribution in [2.75, 3.05) is 0 Å². The van der Waals surface area contributed by atoms with Crippen molar-refractivity contribution in [1.82, 2.24) is 4.98 Å². The second-order valence-electron chi connectivity index (χ2n) is 4.35. The minimum Gasteiger partial charge on any atom is -0.477 e. The zero-order valence-electron chi connectivity index (χ0n) is 9.90. The van der Waals surface area contributed by atoms with Crippen LogP contribution in [0.4, 0.5) is 0 Å². The zero-order chi connectivity index (χ0) is 12.4. The molecule has 3 nitrogen and oxygen atoms in total. The quantitative estimate of drug-likeness (QED) is 0.846. The average molecular weight is 229 g/mol. The molecule has 2 N–H and O–H groups in total. The van der Waals surface area contributed by atoms with Crippen molar-refractivity contribution >= 4 is 5.97 Å². The van der Waals surface area contributed by atoms with Crippen LogP contribution in [0.15, 0.2) is 36.5 Å². The fourth-order valence-electron chi connectivity index (χ4n) is 1.83. The van der Waals surface area contributed by atoms with Gasteiger partial charge in [0.2, 0.25) is 0 Å². The maximum Gasteiger partial charge on any atom is 0.352 e. The van der Waals surface area contributed by atoms with Crippen LogP contribution < -0.4 is 0 Å². The van der Waals surface area contributed by atoms with Gasteiger partial charge in [0.1, 0.15) is 5.69 Å². The smallest absolute Gasteiger partial charge is 0.352 e. The van der Waals surface area contributed by atoms with Gasteiger partial charge >= 0.3 is 5.97 Å². The normalized spacial score (nSPS) is 10.8. The summed E-state index contributed by atoms with van der Waals surface area (Å²) in [5.41, 5.74) is 3.14. The van der Waals surface area contributed by atoms with E-state index in [1.54, 1.807) is 12.3 Å². The van der Waals surface area contributed by atoms with Gasteiger partial charge < -0.3 is 10.1 Å². The minimum absolute atomic E-state index is 0.238. The number of hydrogen-bond acceptors (Lipinski definition) is 1. The number of carboxylic acid groups (broad SMARTS) is 1. The molecule has 0 radical (unpaired) electrons. The highest BCUT2D eigenvalue weighted by Gasteiger charge is 2.12. The number of rotatable bonds is 3. The molecule has 0 saturated heterocycles. The summed E-state index contributed by atoms with van der Waals surface area (Å²) in [6.45, 7) is 4.27. The molecule has 88 valence electrons. The van der Waals surface area contributed by atoms with Crippen LogP contribution in [0.3, 0.4) is 0 Å². The van der Waals surface area contributed by atoms with E-state index in [-0.39, 0.29) is 5.69 Å². The third-order valence-electron chi connectivity index (χ3n) is 2.85. The zero-order valence-corrected chi connectivity index (χ0v) is 9.90. The second-order valence-corrected chi connectivity index (χ2v) is 4.35.